The van der Waals surface area contributed by atoms with Gasteiger partial charge in [-0.05, 0) is 37.1 Å². The van der Waals surface area contributed by atoms with Gasteiger partial charge in [0.25, 0.3) is 0 Å². The number of aliphatic imine (C=N–C) groups is 1. The summed E-state index contributed by atoms with van der Waals surface area (Å²) in [6, 6.07) is 7.84. The summed E-state index contributed by atoms with van der Waals surface area (Å²) in [6.07, 6.45) is 2.16. The summed E-state index contributed by atoms with van der Waals surface area (Å²) in [6.45, 7) is 6.21. The second-order valence-electron chi connectivity index (χ2n) is 3.93. The molecule has 0 saturated heterocycles. The Morgan fingerprint density at radius 2 is 1.71 bits per heavy atom. The molecule has 0 fully saturated rings. The summed E-state index contributed by atoms with van der Waals surface area (Å²) in [7, 11) is 0. The molecule has 1 aromatic carbocycles. The molecule has 4 heteroatoms. The Balaban J connectivity index is 2.77. The minimum Gasteiger partial charge on any atom is -0.369 e. The van der Waals surface area contributed by atoms with Gasteiger partial charge < -0.3 is 10.6 Å². The number of benzene rings is 1. The van der Waals surface area contributed by atoms with Crippen molar-refractivity contribution < 1.29 is 0 Å². The lowest BCUT2D eigenvalue weighted by molar-refractivity contribution is 0.412. The molecule has 2 N–H and O–H groups in total. The number of hydrogen-bond donors (Lipinski definition) is 1. The van der Waals surface area contributed by atoms with Crippen molar-refractivity contribution in [1.29, 1.82) is 0 Å². The van der Waals surface area contributed by atoms with E-state index in [1.54, 1.807) is 0 Å². The Morgan fingerprint density at radius 1 is 1.18 bits per heavy atom. The first-order valence-electron chi connectivity index (χ1n) is 6.02. The molecule has 94 valence electrons. The van der Waals surface area contributed by atoms with Crippen molar-refractivity contribution in [2.45, 2.75) is 26.7 Å². The Labute approximate surface area is 112 Å². The van der Waals surface area contributed by atoms with Crippen LogP contribution in [0.2, 0.25) is 0 Å². The lowest BCUT2D eigenvalue weighted by Gasteiger charge is -2.22. The third-order valence-electron chi connectivity index (χ3n) is 2.38. The molecular weight excluding hydrogens is 278 g/mol. The maximum Gasteiger partial charge on any atom is 0.196 e. The molecule has 0 aliphatic rings. The predicted molar refractivity (Wildman–Crippen MR) is 77.6 cm³/mol. The quantitative estimate of drug-likeness (QED) is 0.667. The molecule has 0 radical (unpaired) electrons. The SMILES string of the molecule is CCCN(CCC)C(N)=Nc1ccc(Br)cc1. The molecular formula is C13H20BrN3. The molecule has 0 spiro atoms. The van der Waals surface area contributed by atoms with Gasteiger partial charge in [-0.25, -0.2) is 4.99 Å². The Bertz CT molecular complexity index is 353. The van der Waals surface area contributed by atoms with Crippen LogP contribution in [0.1, 0.15) is 26.7 Å². The number of halogens is 1. The van der Waals surface area contributed by atoms with E-state index in [9.17, 15) is 0 Å². The average Bonchev–Trinajstić information content (AvgIpc) is 2.32. The molecule has 0 aliphatic carbocycles. The fraction of sp³-hybridized carbons (Fsp3) is 0.462. The van der Waals surface area contributed by atoms with Gasteiger partial charge in [0.2, 0.25) is 0 Å². The van der Waals surface area contributed by atoms with Crippen molar-refractivity contribution in [3.63, 3.8) is 0 Å². The number of nitrogens with zero attached hydrogens (tertiary/aromatic N) is 2. The fourth-order valence-electron chi connectivity index (χ4n) is 1.60. The maximum atomic E-state index is 6.02. The largest absolute Gasteiger partial charge is 0.369 e. The van der Waals surface area contributed by atoms with Crippen LogP contribution < -0.4 is 5.73 Å². The minimum absolute atomic E-state index is 0.607. The van der Waals surface area contributed by atoms with Crippen LogP contribution in [0.5, 0.6) is 0 Å². The van der Waals surface area contributed by atoms with E-state index >= 15 is 0 Å². The van der Waals surface area contributed by atoms with Crippen LogP contribution in [-0.2, 0) is 0 Å². The average molecular weight is 298 g/mol. The molecule has 0 saturated carbocycles. The van der Waals surface area contributed by atoms with Crippen molar-refractivity contribution in [2.75, 3.05) is 13.1 Å². The van der Waals surface area contributed by atoms with E-state index in [-0.39, 0.29) is 0 Å². The van der Waals surface area contributed by atoms with Crippen LogP contribution in [0.15, 0.2) is 33.7 Å². The standard InChI is InChI=1S/C13H20BrN3/c1-3-9-17(10-4-2)13(15)16-12-7-5-11(14)6-8-12/h5-8H,3-4,9-10H2,1-2H3,(H2,15,16). The van der Waals surface area contributed by atoms with Crippen LogP contribution in [0.4, 0.5) is 5.69 Å². The molecule has 0 amide bonds. The lowest BCUT2D eigenvalue weighted by atomic mass is 10.3. The smallest absolute Gasteiger partial charge is 0.196 e. The molecule has 1 rings (SSSR count). The van der Waals surface area contributed by atoms with Gasteiger partial charge in [-0.15, -0.1) is 0 Å². The van der Waals surface area contributed by atoms with Crippen molar-refractivity contribution in [3.8, 4) is 0 Å². The van der Waals surface area contributed by atoms with Gasteiger partial charge in [-0.2, -0.15) is 0 Å². The van der Waals surface area contributed by atoms with Gasteiger partial charge in [0.1, 0.15) is 0 Å². The van der Waals surface area contributed by atoms with Crippen molar-refractivity contribution in [3.05, 3.63) is 28.7 Å². The lowest BCUT2D eigenvalue weighted by Crippen LogP contribution is -2.38. The molecule has 3 nitrogen and oxygen atoms in total. The zero-order valence-electron chi connectivity index (χ0n) is 10.5. The van der Waals surface area contributed by atoms with E-state index in [1.807, 2.05) is 24.3 Å². The van der Waals surface area contributed by atoms with Crippen molar-refractivity contribution in [2.24, 2.45) is 10.7 Å². The number of hydrogen-bond acceptors (Lipinski definition) is 1. The zero-order valence-corrected chi connectivity index (χ0v) is 12.1. The van der Waals surface area contributed by atoms with E-state index in [0.29, 0.717) is 5.96 Å². The summed E-state index contributed by atoms with van der Waals surface area (Å²) in [4.78, 5) is 6.56. The Hall–Kier alpha value is -1.03. The third kappa shape index (κ3) is 4.77. The summed E-state index contributed by atoms with van der Waals surface area (Å²) in [5.41, 5.74) is 6.92. The second-order valence-corrected chi connectivity index (χ2v) is 4.85. The highest BCUT2D eigenvalue weighted by Gasteiger charge is 2.05. The van der Waals surface area contributed by atoms with E-state index in [0.717, 1.165) is 36.1 Å². The van der Waals surface area contributed by atoms with Crippen molar-refractivity contribution >= 4 is 27.6 Å². The molecule has 0 unspecified atom stereocenters. The van der Waals surface area contributed by atoms with Crippen molar-refractivity contribution in [1.82, 2.24) is 4.90 Å². The Kier molecular flexibility index (Phi) is 6.05. The van der Waals surface area contributed by atoms with Gasteiger partial charge in [0.15, 0.2) is 5.96 Å². The Morgan fingerprint density at radius 3 is 2.18 bits per heavy atom. The monoisotopic (exact) mass is 297 g/mol. The molecule has 1 aromatic rings. The summed E-state index contributed by atoms with van der Waals surface area (Å²) in [5.74, 6) is 0.607. The first-order chi connectivity index (χ1) is 8.17. The van der Waals surface area contributed by atoms with Crippen LogP contribution in [0, 0.1) is 0 Å². The van der Waals surface area contributed by atoms with E-state index in [4.69, 9.17) is 5.73 Å². The normalized spacial score (nSPS) is 11.6. The van der Waals surface area contributed by atoms with Gasteiger partial charge in [0, 0.05) is 17.6 Å². The highest BCUT2D eigenvalue weighted by Crippen LogP contribution is 2.16. The molecule has 0 atom stereocenters. The zero-order chi connectivity index (χ0) is 12.7. The predicted octanol–water partition coefficient (Wildman–Crippen LogP) is 3.52. The number of nitrogens with two attached hydrogens (primary N) is 1. The van der Waals surface area contributed by atoms with Gasteiger partial charge in [0.05, 0.1) is 5.69 Å². The van der Waals surface area contributed by atoms with Crippen LogP contribution in [0.25, 0.3) is 0 Å². The molecule has 0 aliphatic heterocycles. The number of guanidine groups is 1. The first-order valence-corrected chi connectivity index (χ1v) is 6.81. The van der Waals surface area contributed by atoms with Crippen LogP contribution >= 0.6 is 15.9 Å². The molecule has 0 heterocycles. The van der Waals surface area contributed by atoms with Gasteiger partial charge in [-0.1, -0.05) is 29.8 Å². The van der Waals surface area contributed by atoms with E-state index < -0.39 is 0 Å². The van der Waals surface area contributed by atoms with Gasteiger partial charge >= 0.3 is 0 Å². The first kappa shape index (κ1) is 14.0. The third-order valence-corrected chi connectivity index (χ3v) is 2.91. The van der Waals surface area contributed by atoms with Gasteiger partial charge in [-0.3, -0.25) is 0 Å². The molecule has 0 bridgehead atoms. The maximum absolute atomic E-state index is 6.02. The topological polar surface area (TPSA) is 41.6 Å². The summed E-state index contributed by atoms with van der Waals surface area (Å²) >= 11 is 3.40. The highest BCUT2D eigenvalue weighted by atomic mass is 79.9. The second kappa shape index (κ2) is 7.33. The summed E-state index contributed by atoms with van der Waals surface area (Å²) in [5, 5.41) is 0. The van der Waals surface area contributed by atoms with Crippen LogP contribution in [0.3, 0.4) is 0 Å². The molecule has 17 heavy (non-hydrogen) atoms. The van der Waals surface area contributed by atoms with Crippen LogP contribution in [-0.4, -0.2) is 23.9 Å². The highest BCUT2D eigenvalue weighted by molar-refractivity contribution is 9.10. The number of rotatable bonds is 5. The van der Waals surface area contributed by atoms with E-state index in [1.165, 1.54) is 0 Å². The fourth-order valence-corrected chi connectivity index (χ4v) is 1.86. The molecule has 0 aromatic heterocycles. The summed E-state index contributed by atoms with van der Waals surface area (Å²) < 4.78 is 1.05. The van der Waals surface area contributed by atoms with E-state index in [2.05, 4.69) is 39.7 Å². The minimum atomic E-state index is 0.607.